The summed E-state index contributed by atoms with van der Waals surface area (Å²) < 4.78 is 53.8. The summed E-state index contributed by atoms with van der Waals surface area (Å²) in [5.74, 6) is -1.94. The maximum Gasteiger partial charge on any atom is 0.262 e. The Kier molecular flexibility index (Phi) is 4.54. The fraction of sp³-hybridized carbons (Fsp3) is 0.143. The van der Waals surface area contributed by atoms with Gasteiger partial charge in [0.1, 0.15) is 17.3 Å². The van der Waals surface area contributed by atoms with E-state index in [-0.39, 0.29) is 4.90 Å². The van der Waals surface area contributed by atoms with E-state index in [9.17, 15) is 17.2 Å². The second kappa shape index (κ2) is 6.19. The molecule has 2 aromatic carbocycles. The van der Waals surface area contributed by atoms with E-state index in [2.05, 4.69) is 5.32 Å². The maximum atomic E-state index is 13.6. The maximum absolute atomic E-state index is 13.6. The molecule has 0 fully saturated rings. The van der Waals surface area contributed by atoms with Gasteiger partial charge in [0.25, 0.3) is 10.0 Å². The monoisotopic (exact) mass is 312 g/mol. The fourth-order valence-electron chi connectivity index (χ4n) is 1.89. The van der Waals surface area contributed by atoms with Crippen LogP contribution in [0.25, 0.3) is 0 Å². The third-order valence-electron chi connectivity index (χ3n) is 2.83. The van der Waals surface area contributed by atoms with Gasteiger partial charge >= 0.3 is 0 Å². The van der Waals surface area contributed by atoms with Gasteiger partial charge in [-0.25, -0.2) is 17.2 Å². The molecule has 0 saturated carbocycles. The lowest BCUT2D eigenvalue weighted by molar-refractivity contribution is 0.582. The summed E-state index contributed by atoms with van der Waals surface area (Å²) in [6.07, 6.45) is 0. The fourth-order valence-corrected chi connectivity index (χ4v) is 3.20. The Morgan fingerprint density at radius 3 is 2.24 bits per heavy atom. The van der Waals surface area contributed by atoms with Crippen molar-refractivity contribution in [3.05, 3.63) is 59.7 Å². The minimum Gasteiger partial charge on any atom is -0.316 e. The molecule has 0 aliphatic rings. The van der Waals surface area contributed by atoms with Gasteiger partial charge in [-0.2, -0.15) is 0 Å². The number of halogens is 2. The first-order chi connectivity index (χ1) is 9.95. The zero-order chi connectivity index (χ0) is 15.5. The number of benzene rings is 2. The number of rotatable bonds is 5. The lowest BCUT2D eigenvalue weighted by atomic mass is 10.2. The highest BCUT2D eigenvalue weighted by atomic mass is 32.2. The first-order valence-electron chi connectivity index (χ1n) is 6.15. The third-order valence-corrected chi connectivity index (χ3v) is 4.28. The van der Waals surface area contributed by atoms with Gasteiger partial charge < -0.3 is 5.32 Å². The van der Waals surface area contributed by atoms with Crippen molar-refractivity contribution in [2.75, 3.05) is 11.8 Å². The topological polar surface area (TPSA) is 58.2 Å². The number of nitrogens with one attached hydrogen (secondary N) is 2. The second-order valence-electron chi connectivity index (χ2n) is 4.34. The molecule has 0 aromatic heterocycles. The minimum atomic E-state index is -4.08. The summed E-state index contributed by atoms with van der Waals surface area (Å²) in [7, 11) is -2.41. The zero-order valence-electron chi connectivity index (χ0n) is 11.2. The van der Waals surface area contributed by atoms with E-state index in [4.69, 9.17) is 0 Å². The van der Waals surface area contributed by atoms with E-state index < -0.39 is 27.3 Å². The van der Waals surface area contributed by atoms with Gasteiger partial charge in [-0.15, -0.1) is 0 Å². The van der Waals surface area contributed by atoms with E-state index in [1.807, 2.05) is 4.72 Å². The normalized spacial score (nSPS) is 11.4. The Hall–Kier alpha value is -1.99. The molecule has 0 radical (unpaired) electrons. The van der Waals surface area contributed by atoms with Crippen LogP contribution in [0.15, 0.2) is 47.4 Å². The third kappa shape index (κ3) is 3.37. The van der Waals surface area contributed by atoms with Crippen molar-refractivity contribution < 1.29 is 17.2 Å². The molecule has 0 aliphatic carbocycles. The summed E-state index contributed by atoms with van der Waals surface area (Å²) in [4.78, 5) is -0.0259. The number of hydrogen-bond acceptors (Lipinski definition) is 3. The van der Waals surface area contributed by atoms with Crippen LogP contribution in [0.2, 0.25) is 0 Å². The molecule has 0 unspecified atom stereocenters. The Morgan fingerprint density at radius 1 is 1.00 bits per heavy atom. The van der Waals surface area contributed by atoms with Crippen LogP contribution in [0.4, 0.5) is 14.5 Å². The number of hydrogen-bond donors (Lipinski definition) is 2. The quantitative estimate of drug-likeness (QED) is 0.892. The van der Waals surface area contributed by atoms with Gasteiger partial charge in [0.05, 0.1) is 4.90 Å². The molecule has 2 aromatic rings. The molecule has 0 spiro atoms. The largest absolute Gasteiger partial charge is 0.316 e. The van der Waals surface area contributed by atoms with Crippen molar-refractivity contribution in [1.82, 2.24) is 5.32 Å². The molecule has 0 bridgehead atoms. The van der Waals surface area contributed by atoms with Crippen molar-refractivity contribution in [3.63, 3.8) is 0 Å². The van der Waals surface area contributed by atoms with Crippen molar-refractivity contribution in [2.24, 2.45) is 0 Å². The highest BCUT2D eigenvalue weighted by Gasteiger charge is 2.21. The molecule has 4 nitrogen and oxygen atoms in total. The van der Waals surface area contributed by atoms with Gasteiger partial charge in [-0.05, 0) is 30.8 Å². The lowest BCUT2D eigenvalue weighted by Gasteiger charge is -2.13. The number of sulfonamides is 1. The molecule has 2 N–H and O–H groups in total. The number of anilines is 1. The van der Waals surface area contributed by atoms with Crippen LogP contribution in [0.1, 0.15) is 5.56 Å². The Balaban J connectivity index is 2.44. The van der Waals surface area contributed by atoms with E-state index in [0.717, 1.165) is 18.2 Å². The van der Waals surface area contributed by atoms with Crippen LogP contribution in [0, 0.1) is 11.6 Å². The van der Waals surface area contributed by atoms with E-state index in [0.29, 0.717) is 12.1 Å². The first kappa shape index (κ1) is 15.4. The first-order valence-corrected chi connectivity index (χ1v) is 7.63. The molecule has 0 amide bonds. The van der Waals surface area contributed by atoms with Crippen LogP contribution in [-0.4, -0.2) is 15.5 Å². The van der Waals surface area contributed by atoms with Crippen LogP contribution < -0.4 is 10.0 Å². The average Bonchev–Trinajstić information content (AvgIpc) is 2.44. The summed E-state index contributed by atoms with van der Waals surface area (Å²) in [6.45, 7) is 0.316. The van der Waals surface area contributed by atoms with Crippen LogP contribution in [-0.2, 0) is 16.6 Å². The average molecular weight is 312 g/mol. The summed E-state index contributed by atoms with van der Waals surface area (Å²) in [5.41, 5.74) is -0.180. The molecular formula is C14H14F2N2O2S. The zero-order valence-corrected chi connectivity index (χ0v) is 12.0. The SMILES string of the molecule is CNCc1ccccc1S(=O)(=O)Nc1c(F)cccc1F. The predicted molar refractivity (Wildman–Crippen MR) is 76.4 cm³/mol. The molecule has 112 valence electrons. The molecule has 0 heterocycles. The smallest absolute Gasteiger partial charge is 0.262 e. The molecule has 0 saturated heterocycles. The van der Waals surface area contributed by atoms with Gasteiger partial charge in [-0.3, -0.25) is 4.72 Å². The minimum absolute atomic E-state index is 0.0259. The summed E-state index contributed by atoms with van der Waals surface area (Å²) in [6, 6.07) is 9.38. The molecule has 7 heteroatoms. The second-order valence-corrected chi connectivity index (χ2v) is 5.99. The standard InChI is InChI=1S/C14H14F2N2O2S/c1-17-9-10-5-2-3-8-13(10)21(19,20)18-14-11(15)6-4-7-12(14)16/h2-8,17-18H,9H2,1H3. The van der Waals surface area contributed by atoms with Crippen molar-refractivity contribution in [2.45, 2.75) is 11.4 Å². The Labute approximate surface area is 121 Å². The lowest BCUT2D eigenvalue weighted by Crippen LogP contribution is -2.18. The number of para-hydroxylation sites is 1. The van der Waals surface area contributed by atoms with E-state index >= 15 is 0 Å². The summed E-state index contributed by atoms with van der Waals surface area (Å²) in [5, 5.41) is 2.84. The van der Waals surface area contributed by atoms with Crippen molar-refractivity contribution >= 4 is 15.7 Å². The van der Waals surface area contributed by atoms with Crippen molar-refractivity contribution in [3.8, 4) is 0 Å². The van der Waals surface area contributed by atoms with E-state index in [1.54, 1.807) is 25.2 Å². The summed E-state index contributed by atoms with van der Waals surface area (Å²) >= 11 is 0. The Morgan fingerprint density at radius 2 is 1.62 bits per heavy atom. The highest BCUT2D eigenvalue weighted by molar-refractivity contribution is 7.92. The Bertz CT molecular complexity index is 728. The van der Waals surface area contributed by atoms with Gasteiger partial charge in [0.15, 0.2) is 0 Å². The van der Waals surface area contributed by atoms with Crippen LogP contribution in [0.5, 0.6) is 0 Å². The van der Waals surface area contributed by atoms with Gasteiger partial charge in [0.2, 0.25) is 0 Å². The molecule has 2 rings (SSSR count). The van der Waals surface area contributed by atoms with Gasteiger partial charge in [0, 0.05) is 6.54 Å². The van der Waals surface area contributed by atoms with E-state index in [1.165, 1.54) is 6.07 Å². The van der Waals surface area contributed by atoms with Gasteiger partial charge in [-0.1, -0.05) is 24.3 Å². The molecule has 0 atom stereocenters. The molecule has 0 aliphatic heterocycles. The molecule has 21 heavy (non-hydrogen) atoms. The van der Waals surface area contributed by atoms with Crippen LogP contribution in [0.3, 0.4) is 0 Å². The molecular weight excluding hydrogens is 298 g/mol. The van der Waals surface area contributed by atoms with Crippen molar-refractivity contribution in [1.29, 1.82) is 0 Å². The predicted octanol–water partition coefficient (Wildman–Crippen LogP) is 2.49. The highest BCUT2D eigenvalue weighted by Crippen LogP contribution is 2.24. The van der Waals surface area contributed by atoms with Crippen LogP contribution >= 0.6 is 0 Å².